The average Bonchev–Trinajstić information content (AvgIpc) is 3.21. The lowest BCUT2D eigenvalue weighted by Gasteiger charge is -2.34. The van der Waals surface area contributed by atoms with E-state index in [1.807, 2.05) is 18.3 Å². The molecule has 0 saturated carbocycles. The van der Waals surface area contributed by atoms with Crippen LogP contribution in [0.25, 0.3) is 0 Å². The lowest BCUT2D eigenvalue weighted by Crippen LogP contribution is -2.40. The first kappa shape index (κ1) is 14.4. The highest BCUT2D eigenvalue weighted by atomic mass is 32.1. The molecular weight excluding hydrogens is 298 g/mol. The summed E-state index contributed by atoms with van der Waals surface area (Å²) >= 11 is 1.86. The molecule has 5 nitrogen and oxygen atoms in total. The molecule has 3 atom stereocenters. The van der Waals surface area contributed by atoms with Gasteiger partial charge in [-0.2, -0.15) is 4.98 Å². The quantitative estimate of drug-likeness (QED) is 0.869. The van der Waals surface area contributed by atoms with Crippen molar-refractivity contribution in [3.8, 4) is 0 Å². The van der Waals surface area contributed by atoms with Crippen LogP contribution in [-0.2, 0) is 11.3 Å². The molecule has 0 amide bonds. The number of fused-ring (bicyclic) bond motifs is 1. The number of thiophene rings is 1. The van der Waals surface area contributed by atoms with Gasteiger partial charge in [0.25, 0.3) is 5.89 Å². The lowest BCUT2D eigenvalue weighted by atomic mass is 9.99. The molecule has 4 rings (SSSR count). The summed E-state index contributed by atoms with van der Waals surface area (Å²) in [7, 11) is 0. The largest absolute Gasteiger partial charge is 0.363 e. The van der Waals surface area contributed by atoms with Crippen LogP contribution >= 0.6 is 11.3 Å². The molecular formula is C16H21N3O2S. The third-order valence-corrected chi connectivity index (χ3v) is 5.80. The molecule has 2 aliphatic rings. The van der Waals surface area contributed by atoms with Crippen LogP contribution < -0.4 is 0 Å². The maximum Gasteiger partial charge on any atom is 0.255 e. The minimum Gasteiger partial charge on any atom is -0.363 e. The molecule has 2 aliphatic heterocycles. The fraction of sp³-hybridized carbons (Fsp3) is 0.625. The van der Waals surface area contributed by atoms with E-state index in [1.54, 1.807) is 0 Å². The SMILES string of the molecule is Cc1noc([C@@H]2CC[C@H]3[C@H](CCN3Cc3sccc3C)O2)n1. The predicted molar refractivity (Wildman–Crippen MR) is 83.8 cm³/mol. The molecule has 0 radical (unpaired) electrons. The van der Waals surface area contributed by atoms with E-state index in [-0.39, 0.29) is 6.10 Å². The second-order valence-electron chi connectivity index (χ2n) is 6.27. The number of likely N-dealkylation sites (tertiary alicyclic amines) is 1. The zero-order chi connectivity index (χ0) is 15.1. The van der Waals surface area contributed by atoms with Crippen molar-refractivity contribution in [1.29, 1.82) is 0 Å². The van der Waals surface area contributed by atoms with Crippen LogP contribution in [0.4, 0.5) is 0 Å². The Morgan fingerprint density at radius 3 is 2.95 bits per heavy atom. The Morgan fingerprint density at radius 2 is 2.23 bits per heavy atom. The van der Waals surface area contributed by atoms with E-state index in [0.29, 0.717) is 23.9 Å². The highest BCUT2D eigenvalue weighted by Gasteiger charge is 2.41. The minimum atomic E-state index is -0.0223. The predicted octanol–water partition coefficient (Wildman–Crippen LogP) is 3.24. The van der Waals surface area contributed by atoms with Crippen molar-refractivity contribution in [3.63, 3.8) is 0 Å². The van der Waals surface area contributed by atoms with Crippen molar-refractivity contribution >= 4 is 11.3 Å². The van der Waals surface area contributed by atoms with Crippen LogP contribution in [0.3, 0.4) is 0 Å². The molecule has 22 heavy (non-hydrogen) atoms. The molecule has 0 unspecified atom stereocenters. The van der Waals surface area contributed by atoms with Crippen molar-refractivity contribution in [2.45, 2.75) is 57.9 Å². The normalized spacial score (nSPS) is 28.9. The summed E-state index contributed by atoms with van der Waals surface area (Å²) in [6.07, 6.45) is 3.47. The van der Waals surface area contributed by atoms with Gasteiger partial charge in [0, 0.05) is 24.0 Å². The Bertz CT molecular complexity index is 653. The van der Waals surface area contributed by atoms with Gasteiger partial charge in [-0.3, -0.25) is 4.90 Å². The second-order valence-corrected chi connectivity index (χ2v) is 7.27. The van der Waals surface area contributed by atoms with Crippen molar-refractivity contribution in [3.05, 3.63) is 33.6 Å². The molecule has 0 spiro atoms. The van der Waals surface area contributed by atoms with Gasteiger partial charge in [0.05, 0.1) is 6.10 Å². The summed E-state index contributed by atoms with van der Waals surface area (Å²) in [5.41, 5.74) is 1.41. The number of rotatable bonds is 3. The number of ether oxygens (including phenoxy) is 1. The Labute approximate surface area is 134 Å². The fourth-order valence-electron chi connectivity index (χ4n) is 3.59. The molecule has 2 aromatic heterocycles. The minimum absolute atomic E-state index is 0.0223. The summed E-state index contributed by atoms with van der Waals surface area (Å²) in [6, 6.07) is 2.74. The first-order valence-corrected chi connectivity index (χ1v) is 8.81. The van der Waals surface area contributed by atoms with Crippen LogP contribution in [0.2, 0.25) is 0 Å². The van der Waals surface area contributed by atoms with Crippen molar-refractivity contribution in [2.75, 3.05) is 6.54 Å². The van der Waals surface area contributed by atoms with Crippen molar-refractivity contribution in [1.82, 2.24) is 15.0 Å². The van der Waals surface area contributed by atoms with Crippen LogP contribution in [-0.4, -0.2) is 33.7 Å². The van der Waals surface area contributed by atoms with Gasteiger partial charge < -0.3 is 9.26 Å². The maximum atomic E-state index is 6.25. The van der Waals surface area contributed by atoms with E-state index in [0.717, 1.165) is 32.4 Å². The number of hydrogen-bond acceptors (Lipinski definition) is 6. The maximum absolute atomic E-state index is 6.25. The molecule has 2 fully saturated rings. The van der Waals surface area contributed by atoms with Gasteiger partial charge in [0.2, 0.25) is 0 Å². The lowest BCUT2D eigenvalue weighted by molar-refractivity contribution is -0.0831. The molecule has 0 bridgehead atoms. The third-order valence-electron chi connectivity index (χ3n) is 4.80. The number of aryl methyl sites for hydroxylation is 2. The molecule has 2 saturated heterocycles. The van der Waals surface area contributed by atoms with Gasteiger partial charge in [0.1, 0.15) is 6.10 Å². The summed E-state index contributed by atoms with van der Waals surface area (Å²) in [5, 5.41) is 6.06. The molecule has 0 aromatic carbocycles. The van der Waals surface area contributed by atoms with E-state index in [9.17, 15) is 0 Å². The number of hydrogen-bond donors (Lipinski definition) is 0. The second kappa shape index (κ2) is 5.76. The summed E-state index contributed by atoms with van der Waals surface area (Å²) < 4.78 is 11.5. The van der Waals surface area contributed by atoms with Crippen LogP contribution in [0.5, 0.6) is 0 Å². The van der Waals surface area contributed by atoms with Gasteiger partial charge in [0.15, 0.2) is 5.82 Å². The summed E-state index contributed by atoms with van der Waals surface area (Å²) in [4.78, 5) is 8.39. The smallest absolute Gasteiger partial charge is 0.255 e. The standard InChI is InChI=1S/C16H21N3O2S/c1-10-6-8-22-15(10)9-19-7-5-13-12(19)3-4-14(20-13)16-17-11(2)18-21-16/h6,8,12-14H,3-5,7,9H2,1-2H3/t12-,13-,14-/m0/s1. The highest BCUT2D eigenvalue weighted by Crippen LogP contribution is 2.38. The summed E-state index contributed by atoms with van der Waals surface area (Å²) in [6.45, 7) is 6.21. The van der Waals surface area contributed by atoms with E-state index in [4.69, 9.17) is 9.26 Å². The Morgan fingerprint density at radius 1 is 1.32 bits per heavy atom. The third kappa shape index (κ3) is 2.59. The topological polar surface area (TPSA) is 51.4 Å². The Balaban J connectivity index is 1.43. The molecule has 0 aliphatic carbocycles. The van der Waals surface area contributed by atoms with Crippen molar-refractivity contribution < 1.29 is 9.26 Å². The average molecular weight is 319 g/mol. The summed E-state index contributed by atoms with van der Waals surface area (Å²) in [5.74, 6) is 1.32. The fourth-order valence-corrected chi connectivity index (χ4v) is 4.52. The zero-order valence-electron chi connectivity index (χ0n) is 13.0. The highest BCUT2D eigenvalue weighted by molar-refractivity contribution is 7.10. The molecule has 4 heterocycles. The van der Waals surface area contributed by atoms with E-state index < -0.39 is 0 Å². The van der Waals surface area contributed by atoms with Crippen LogP contribution in [0, 0.1) is 13.8 Å². The number of aromatic nitrogens is 2. The van der Waals surface area contributed by atoms with E-state index >= 15 is 0 Å². The van der Waals surface area contributed by atoms with Crippen molar-refractivity contribution in [2.24, 2.45) is 0 Å². The van der Waals surface area contributed by atoms with Gasteiger partial charge in [-0.1, -0.05) is 5.16 Å². The van der Waals surface area contributed by atoms with E-state index in [1.165, 1.54) is 10.4 Å². The van der Waals surface area contributed by atoms with Crippen LogP contribution in [0.15, 0.2) is 16.0 Å². The Kier molecular flexibility index (Phi) is 3.76. The Hall–Kier alpha value is -1.24. The van der Waals surface area contributed by atoms with E-state index in [2.05, 4.69) is 33.4 Å². The molecule has 0 N–H and O–H groups in total. The molecule has 118 valence electrons. The number of nitrogens with zero attached hydrogens (tertiary/aromatic N) is 3. The van der Waals surface area contributed by atoms with Gasteiger partial charge in [-0.25, -0.2) is 0 Å². The molecule has 2 aromatic rings. The first-order valence-electron chi connectivity index (χ1n) is 7.93. The van der Waals surface area contributed by atoms with Crippen LogP contribution in [0.1, 0.15) is 47.5 Å². The van der Waals surface area contributed by atoms with Gasteiger partial charge in [-0.15, -0.1) is 11.3 Å². The molecule has 6 heteroatoms. The zero-order valence-corrected chi connectivity index (χ0v) is 13.8. The first-order chi connectivity index (χ1) is 10.7. The van der Waals surface area contributed by atoms with Gasteiger partial charge in [-0.05, 0) is 50.1 Å². The van der Waals surface area contributed by atoms with Gasteiger partial charge >= 0.3 is 0 Å². The monoisotopic (exact) mass is 319 g/mol.